The first-order valence-corrected chi connectivity index (χ1v) is 20.7. The van der Waals surface area contributed by atoms with Crippen molar-refractivity contribution in [2.24, 2.45) is 15.0 Å². The number of rotatable bonds is 11. The van der Waals surface area contributed by atoms with Crippen LogP contribution >= 0.6 is 0 Å². The third-order valence-corrected chi connectivity index (χ3v) is 11.2. The Bertz CT molecular complexity index is 2910. The average Bonchev–Trinajstić information content (AvgIpc) is 3.61. The maximum atomic E-state index is 7.06. The second kappa shape index (κ2) is 17.4. The molecular formula is C55H44N6O. The Hall–Kier alpha value is -7.90. The van der Waals surface area contributed by atoms with Crippen LogP contribution in [-0.4, -0.2) is 33.1 Å². The fraction of sp³-hybridized carbons (Fsp3) is 0.0909. The van der Waals surface area contributed by atoms with Crippen LogP contribution in [0.1, 0.15) is 55.0 Å². The zero-order valence-corrected chi connectivity index (χ0v) is 34.9. The van der Waals surface area contributed by atoms with Crippen LogP contribution in [-0.2, 0) is 5.41 Å². The zero-order valence-electron chi connectivity index (χ0n) is 34.9. The SMILES string of the molecule is C=C(N=C(/C=C/c1ccc2c(c1)Oc1cc(-c3nc(-c4ccccc4)nc(-c4ccccc4)n3)ccc1C21c2ccccc2-c2ccccc21)CC=N/C=C\C)/C(C)=C/N=CC. The van der Waals surface area contributed by atoms with Gasteiger partial charge in [0.2, 0.25) is 0 Å². The van der Waals surface area contributed by atoms with Gasteiger partial charge in [-0.25, -0.2) is 15.0 Å². The van der Waals surface area contributed by atoms with Gasteiger partial charge < -0.3 is 4.74 Å². The molecule has 2 aliphatic rings. The molecule has 6 aromatic carbocycles. The first kappa shape index (κ1) is 39.6. The predicted molar refractivity (Wildman–Crippen MR) is 255 cm³/mol. The standard InChI is InChI=1S/C55H44N6O/c1-5-32-57-33-31-43(58-38(4)37(3)36-56-6-2)28-25-39-26-29-48-50(34-39)62-51-35-42(27-30-49(51)55(48)46-23-15-13-21-44(46)45-22-14-16-24-47(45)55)54-60-52(40-17-9-7-10-18-40)59-53(61-54)41-19-11-8-12-20-41/h5-30,32-36H,4,31H2,1-3H3/b28-25+,32-5-,37-36+,56-6?,57-33?,58-43?. The van der Waals surface area contributed by atoms with E-state index < -0.39 is 5.41 Å². The molecule has 7 aromatic rings. The number of nitrogens with zero attached hydrogens (tertiary/aromatic N) is 6. The second-order valence-corrected chi connectivity index (χ2v) is 15.1. The molecule has 0 unspecified atom stereocenters. The van der Waals surface area contributed by atoms with Crippen molar-refractivity contribution in [1.82, 2.24) is 15.0 Å². The van der Waals surface area contributed by atoms with E-state index >= 15 is 0 Å². The molecule has 1 aliphatic heterocycles. The first-order valence-electron chi connectivity index (χ1n) is 20.7. The number of benzene rings is 6. The quantitative estimate of drug-likeness (QED) is 0.0962. The molecule has 62 heavy (non-hydrogen) atoms. The highest BCUT2D eigenvalue weighted by Crippen LogP contribution is 2.62. The van der Waals surface area contributed by atoms with E-state index in [9.17, 15) is 0 Å². The van der Waals surface area contributed by atoms with Gasteiger partial charge in [-0.3, -0.25) is 15.0 Å². The van der Waals surface area contributed by atoms with Crippen molar-refractivity contribution in [3.05, 3.63) is 216 Å². The molecule has 0 atom stereocenters. The molecule has 0 saturated heterocycles. The van der Waals surface area contributed by atoms with Crippen LogP contribution in [0.2, 0.25) is 0 Å². The van der Waals surface area contributed by atoms with Gasteiger partial charge in [-0.2, -0.15) is 0 Å². The van der Waals surface area contributed by atoms with Crippen LogP contribution in [0.25, 0.3) is 51.4 Å². The molecule has 1 aliphatic carbocycles. The minimum atomic E-state index is -0.640. The lowest BCUT2D eigenvalue weighted by atomic mass is 9.66. The first-order chi connectivity index (χ1) is 30.5. The minimum absolute atomic E-state index is 0.521. The third kappa shape index (κ3) is 7.45. The lowest BCUT2D eigenvalue weighted by Crippen LogP contribution is -2.32. The molecular weight excluding hydrogens is 761 g/mol. The fourth-order valence-corrected chi connectivity index (χ4v) is 8.27. The maximum absolute atomic E-state index is 7.06. The fourth-order valence-electron chi connectivity index (χ4n) is 8.27. The molecule has 0 N–H and O–H groups in total. The lowest BCUT2D eigenvalue weighted by molar-refractivity contribution is 0.436. The summed E-state index contributed by atoms with van der Waals surface area (Å²) < 4.78 is 7.06. The summed E-state index contributed by atoms with van der Waals surface area (Å²) in [5.41, 5.74) is 12.3. The Labute approximate surface area is 362 Å². The lowest BCUT2D eigenvalue weighted by Gasteiger charge is -2.39. The van der Waals surface area contributed by atoms with Crippen LogP contribution in [0.4, 0.5) is 0 Å². The Morgan fingerprint density at radius 1 is 0.629 bits per heavy atom. The van der Waals surface area contributed by atoms with Gasteiger partial charge in [-0.05, 0) is 72.4 Å². The molecule has 0 saturated carbocycles. The van der Waals surface area contributed by atoms with Crippen LogP contribution < -0.4 is 4.74 Å². The summed E-state index contributed by atoms with van der Waals surface area (Å²) >= 11 is 0. The van der Waals surface area contributed by atoms with Gasteiger partial charge in [0.05, 0.1) is 11.1 Å². The van der Waals surface area contributed by atoms with Crippen LogP contribution in [0.5, 0.6) is 11.5 Å². The summed E-state index contributed by atoms with van der Waals surface area (Å²) in [4.78, 5) is 28.6. The van der Waals surface area contributed by atoms with Crippen LogP contribution in [0.15, 0.2) is 203 Å². The normalized spacial score (nSPS) is 14.0. The van der Waals surface area contributed by atoms with Crippen molar-refractivity contribution < 1.29 is 4.74 Å². The van der Waals surface area contributed by atoms with E-state index in [1.165, 1.54) is 22.3 Å². The highest BCUT2D eigenvalue weighted by molar-refractivity contribution is 6.06. The van der Waals surface area contributed by atoms with E-state index in [4.69, 9.17) is 24.7 Å². The van der Waals surface area contributed by atoms with Gasteiger partial charge in [-0.1, -0.05) is 152 Å². The van der Waals surface area contributed by atoms with Gasteiger partial charge in [0.25, 0.3) is 0 Å². The van der Waals surface area contributed by atoms with E-state index in [2.05, 4.69) is 108 Å². The maximum Gasteiger partial charge on any atom is 0.164 e. The molecule has 0 amide bonds. The van der Waals surface area contributed by atoms with E-state index in [0.29, 0.717) is 29.6 Å². The third-order valence-electron chi connectivity index (χ3n) is 11.2. The van der Waals surface area contributed by atoms with Crippen molar-refractivity contribution in [2.45, 2.75) is 32.6 Å². The largest absolute Gasteiger partial charge is 0.457 e. The number of aliphatic imine (C=N–C) groups is 3. The highest BCUT2D eigenvalue weighted by Gasteiger charge is 2.51. The topological polar surface area (TPSA) is 85.0 Å². The molecule has 0 bridgehead atoms. The monoisotopic (exact) mass is 804 g/mol. The molecule has 0 fully saturated rings. The van der Waals surface area contributed by atoms with E-state index in [-0.39, 0.29) is 0 Å². The number of fused-ring (bicyclic) bond motifs is 9. The van der Waals surface area contributed by atoms with Gasteiger partial charge in [0.1, 0.15) is 11.5 Å². The number of hydrogen-bond acceptors (Lipinski definition) is 7. The number of allylic oxidation sites excluding steroid dienone is 3. The molecule has 7 nitrogen and oxygen atoms in total. The zero-order chi connectivity index (χ0) is 42.5. The molecule has 9 rings (SSSR count). The Morgan fingerprint density at radius 3 is 1.81 bits per heavy atom. The molecule has 2 heterocycles. The van der Waals surface area contributed by atoms with E-state index in [1.807, 2.05) is 99.8 Å². The van der Waals surface area contributed by atoms with Crippen molar-refractivity contribution >= 4 is 24.2 Å². The minimum Gasteiger partial charge on any atom is -0.457 e. The van der Waals surface area contributed by atoms with Crippen molar-refractivity contribution in [1.29, 1.82) is 0 Å². The smallest absolute Gasteiger partial charge is 0.164 e. The summed E-state index contributed by atoms with van der Waals surface area (Å²) in [5, 5.41) is 0. The van der Waals surface area contributed by atoms with E-state index in [1.54, 1.807) is 18.6 Å². The van der Waals surface area contributed by atoms with Gasteiger partial charge in [0.15, 0.2) is 17.5 Å². The van der Waals surface area contributed by atoms with E-state index in [0.717, 1.165) is 56.2 Å². The number of aromatic nitrogens is 3. The Balaban J connectivity index is 1.19. The number of ether oxygens (including phenoxy) is 1. The second-order valence-electron chi connectivity index (χ2n) is 15.1. The summed E-state index contributed by atoms with van der Waals surface area (Å²) in [6.45, 7) is 10.00. The van der Waals surface area contributed by atoms with Gasteiger partial charge in [-0.15, -0.1) is 0 Å². The average molecular weight is 805 g/mol. The Kier molecular flexibility index (Phi) is 11.1. The molecule has 7 heteroatoms. The predicted octanol–water partition coefficient (Wildman–Crippen LogP) is 13.3. The molecule has 1 aromatic heterocycles. The number of hydrogen-bond donors (Lipinski definition) is 0. The summed E-state index contributed by atoms with van der Waals surface area (Å²) in [6.07, 6.45) is 13.6. The van der Waals surface area contributed by atoms with Crippen molar-refractivity contribution in [2.75, 3.05) is 0 Å². The summed E-state index contributed by atoms with van der Waals surface area (Å²) in [6, 6.07) is 50.4. The van der Waals surface area contributed by atoms with Gasteiger partial charge >= 0.3 is 0 Å². The summed E-state index contributed by atoms with van der Waals surface area (Å²) in [7, 11) is 0. The van der Waals surface area contributed by atoms with Crippen molar-refractivity contribution in [3.8, 4) is 56.8 Å². The highest BCUT2D eigenvalue weighted by atomic mass is 16.5. The summed E-state index contributed by atoms with van der Waals surface area (Å²) in [5.74, 6) is 3.27. The van der Waals surface area contributed by atoms with Crippen LogP contribution in [0.3, 0.4) is 0 Å². The molecule has 0 radical (unpaired) electrons. The molecule has 1 spiro atoms. The molecule has 300 valence electrons. The van der Waals surface area contributed by atoms with Crippen LogP contribution in [0, 0.1) is 0 Å². The Morgan fingerprint density at radius 2 is 1.19 bits per heavy atom. The van der Waals surface area contributed by atoms with Crippen molar-refractivity contribution in [3.63, 3.8) is 0 Å². The van der Waals surface area contributed by atoms with Gasteiger partial charge in [0, 0.05) is 64.8 Å².